The number of hydrogen-bond donors (Lipinski definition) is 0. The van der Waals surface area contributed by atoms with Gasteiger partial charge in [-0.2, -0.15) is 0 Å². The van der Waals surface area contributed by atoms with Crippen LogP contribution in [0.3, 0.4) is 0 Å². The van der Waals surface area contributed by atoms with Crippen molar-refractivity contribution in [2.24, 2.45) is 0 Å². The predicted molar refractivity (Wildman–Crippen MR) is 62.3 cm³/mol. The van der Waals surface area contributed by atoms with Crippen molar-refractivity contribution in [2.45, 2.75) is 37.4 Å². The summed E-state index contributed by atoms with van der Waals surface area (Å²) in [5.41, 5.74) is 0.478. The summed E-state index contributed by atoms with van der Waals surface area (Å²) in [5, 5.41) is 0. The van der Waals surface area contributed by atoms with Gasteiger partial charge >= 0.3 is 0 Å². The molecule has 0 saturated carbocycles. The second-order valence-electron chi connectivity index (χ2n) is 3.61. The highest BCUT2D eigenvalue weighted by atomic mass is 79.9. The molecule has 0 saturated heterocycles. The summed E-state index contributed by atoms with van der Waals surface area (Å²) in [4.78, 5) is 0.481. The molecule has 0 aromatic heterocycles. The first-order valence-electron chi connectivity index (χ1n) is 5.22. The zero-order valence-electron chi connectivity index (χ0n) is 8.77. The Morgan fingerprint density at radius 2 is 2.07 bits per heavy atom. The third-order valence-corrected chi connectivity index (χ3v) is 3.54. The quantitative estimate of drug-likeness (QED) is 0.697. The molecule has 1 atom stereocenters. The zero-order chi connectivity index (χ0) is 11.3. The normalized spacial score (nSPS) is 12.8. The Hall–Kier alpha value is -0.440. The molecule has 0 radical (unpaired) electrons. The van der Waals surface area contributed by atoms with Crippen molar-refractivity contribution in [1.29, 1.82) is 0 Å². The smallest absolute Gasteiger partial charge is 0.162 e. The predicted octanol–water partition coefficient (Wildman–Crippen LogP) is 4.46. The highest BCUT2D eigenvalue weighted by Gasteiger charge is 2.08. The molecule has 1 aromatic rings. The number of aryl methyl sites for hydroxylation is 1. The van der Waals surface area contributed by atoms with E-state index in [4.69, 9.17) is 0 Å². The Morgan fingerprint density at radius 1 is 1.33 bits per heavy atom. The average Bonchev–Trinajstić information content (AvgIpc) is 2.24. The second kappa shape index (κ2) is 6.21. The van der Waals surface area contributed by atoms with E-state index >= 15 is 0 Å². The third kappa shape index (κ3) is 3.90. The summed E-state index contributed by atoms with van der Waals surface area (Å²) in [5.74, 6) is -1.45. The number of hydrogen-bond acceptors (Lipinski definition) is 0. The molecule has 0 heterocycles. The van der Waals surface area contributed by atoms with Crippen LogP contribution in [0.5, 0.6) is 0 Å². The Bertz CT molecular complexity index is 312. The molecular formula is C12H15BrF2. The van der Waals surface area contributed by atoms with E-state index in [-0.39, 0.29) is 0 Å². The minimum atomic E-state index is -0.751. The lowest BCUT2D eigenvalue weighted by atomic mass is 10.1. The molecule has 0 bridgehead atoms. The van der Waals surface area contributed by atoms with Crippen LogP contribution >= 0.6 is 15.9 Å². The molecule has 1 rings (SSSR count). The van der Waals surface area contributed by atoms with E-state index in [1.165, 1.54) is 0 Å². The molecule has 3 heteroatoms. The van der Waals surface area contributed by atoms with Crippen LogP contribution < -0.4 is 0 Å². The second-order valence-corrected chi connectivity index (χ2v) is 4.91. The Kier molecular flexibility index (Phi) is 5.23. The number of halogens is 3. The molecule has 15 heavy (non-hydrogen) atoms. The Labute approximate surface area is 97.8 Å². The molecular weight excluding hydrogens is 262 g/mol. The fourth-order valence-electron chi connectivity index (χ4n) is 1.46. The molecule has 0 aliphatic rings. The lowest BCUT2D eigenvalue weighted by Crippen LogP contribution is -1.99. The van der Waals surface area contributed by atoms with Gasteiger partial charge < -0.3 is 0 Å². The maximum atomic E-state index is 13.2. The van der Waals surface area contributed by atoms with Gasteiger partial charge in [-0.1, -0.05) is 35.0 Å². The lowest BCUT2D eigenvalue weighted by Gasteiger charge is -2.07. The van der Waals surface area contributed by atoms with Gasteiger partial charge in [-0.05, 0) is 37.3 Å². The van der Waals surface area contributed by atoms with Crippen molar-refractivity contribution < 1.29 is 8.78 Å². The average molecular weight is 277 g/mol. The largest absolute Gasteiger partial charge is 0.204 e. The highest BCUT2D eigenvalue weighted by molar-refractivity contribution is 9.09. The van der Waals surface area contributed by atoms with Gasteiger partial charge in [0.25, 0.3) is 0 Å². The summed E-state index contributed by atoms with van der Waals surface area (Å²) in [7, 11) is 0. The molecule has 1 aromatic carbocycles. The van der Waals surface area contributed by atoms with E-state index in [1.54, 1.807) is 12.1 Å². The van der Waals surface area contributed by atoms with Crippen molar-refractivity contribution >= 4 is 15.9 Å². The van der Waals surface area contributed by atoms with Gasteiger partial charge in [0.2, 0.25) is 0 Å². The maximum absolute atomic E-state index is 13.2. The SMILES string of the molecule is CCC(Br)CCCc1cccc(F)c1F. The van der Waals surface area contributed by atoms with Crippen LogP contribution in [0.25, 0.3) is 0 Å². The number of benzene rings is 1. The third-order valence-electron chi connectivity index (χ3n) is 2.44. The van der Waals surface area contributed by atoms with Crippen LogP contribution in [-0.2, 0) is 6.42 Å². The summed E-state index contributed by atoms with van der Waals surface area (Å²) in [6.45, 7) is 2.10. The van der Waals surface area contributed by atoms with E-state index in [0.717, 1.165) is 25.3 Å². The van der Waals surface area contributed by atoms with Gasteiger partial charge in [-0.25, -0.2) is 8.78 Å². The molecule has 84 valence electrons. The van der Waals surface area contributed by atoms with Gasteiger partial charge in [0.1, 0.15) is 0 Å². The van der Waals surface area contributed by atoms with E-state index in [9.17, 15) is 8.78 Å². The van der Waals surface area contributed by atoms with Crippen molar-refractivity contribution in [3.63, 3.8) is 0 Å². The van der Waals surface area contributed by atoms with E-state index < -0.39 is 11.6 Å². The van der Waals surface area contributed by atoms with Gasteiger partial charge in [0, 0.05) is 4.83 Å². The molecule has 1 unspecified atom stereocenters. The van der Waals surface area contributed by atoms with Crippen LogP contribution in [0.4, 0.5) is 8.78 Å². The molecule has 0 nitrogen and oxygen atoms in total. The maximum Gasteiger partial charge on any atom is 0.162 e. The van der Waals surface area contributed by atoms with E-state index in [2.05, 4.69) is 22.9 Å². The van der Waals surface area contributed by atoms with Crippen LogP contribution in [0, 0.1) is 11.6 Å². The molecule has 0 spiro atoms. The molecule has 0 fully saturated rings. The molecule has 0 N–H and O–H groups in total. The minimum Gasteiger partial charge on any atom is -0.204 e. The summed E-state index contributed by atoms with van der Waals surface area (Å²) in [6, 6.07) is 4.35. The standard InChI is InChI=1S/C12H15BrF2/c1-2-10(13)7-3-5-9-6-4-8-11(14)12(9)15/h4,6,8,10H,2-3,5,7H2,1H3. The van der Waals surface area contributed by atoms with Gasteiger partial charge in [-0.3, -0.25) is 0 Å². The van der Waals surface area contributed by atoms with Crippen LogP contribution in [-0.4, -0.2) is 4.83 Å². The number of rotatable bonds is 5. The first-order chi connectivity index (χ1) is 7.15. The van der Waals surface area contributed by atoms with Crippen molar-refractivity contribution in [3.8, 4) is 0 Å². The van der Waals surface area contributed by atoms with Crippen LogP contribution in [0.2, 0.25) is 0 Å². The summed E-state index contributed by atoms with van der Waals surface area (Å²) in [6.07, 6.45) is 3.54. The Morgan fingerprint density at radius 3 is 2.73 bits per heavy atom. The number of alkyl halides is 1. The van der Waals surface area contributed by atoms with Crippen molar-refractivity contribution in [2.75, 3.05) is 0 Å². The van der Waals surface area contributed by atoms with E-state index in [1.807, 2.05) is 0 Å². The lowest BCUT2D eigenvalue weighted by molar-refractivity contribution is 0.496. The van der Waals surface area contributed by atoms with Gasteiger partial charge in [-0.15, -0.1) is 0 Å². The van der Waals surface area contributed by atoms with Crippen LogP contribution in [0.15, 0.2) is 18.2 Å². The van der Waals surface area contributed by atoms with Crippen molar-refractivity contribution in [1.82, 2.24) is 0 Å². The summed E-state index contributed by atoms with van der Waals surface area (Å²) >= 11 is 3.52. The zero-order valence-corrected chi connectivity index (χ0v) is 10.4. The van der Waals surface area contributed by atoms with Crippen LogP contribution in [0.1, 0.15) is 31.7 Å². The first-order valence-corrected chi connectivity index (χ1v) is 6.13. The molecule has 0 amide bonds. The minimum absolute atomic E-state index is 0.478. The highest BCUT2D eigenvalue weighted by Crippen LogP contribution is 2.17. The first kappa shape index (κ1) is 12.6. The van der Waals surface area contributed by atoms with Crippen molar-refractivity contribution in [3.05, 3.63) is 35.4 Å². The summed E-state index contributed by atoms with van der Waals surface area (Å²) < 4.78 is 26.1. The fraction of sp³-hybridized carbons (Fsp3) is 0.500. The molecule has 0 aliphatic carbocycles. The molecule has 0 aliphatic heterocycles. The van der Waals surface area contributed by atoms with Gasteiger partial charge in [0.05, 0.1) is 0 Å². The Balaban J connectivity index is 2.47. The fourth-order valence-corrected chi connectivity index (χ4v) is 1.78. The monoisotopic (exact) mass is 276 g/mol. The van der Waals surface area contributed by atoms with E-state index in [0.29, 0.717) is 16.8 Å². The topological polar surface area (TPSA) is 0 Å². The van der Waals surface area contributed by atoms with Gasteiger partial charge in [0.15, 0.2) is 11.6 Å².